The molecule has 0 aromatic heterocycles. The maximum atomic E-state index is 11.8. The summed E-state index contributed by atoms with van der Waals surface area (Å²) in [5.41, 5.74) is 1.08. The number of cyclic esters (lactones) is 1. The average molecular weight is 245 g/mol. The predicted octanol–water partition coefficient (Wildman–Crippen LogP) is 2.15. The highest BCUT2D eigenvalue weighted by Gasteiger charge is 2.36. The Morgan fingerprint density at radius 2 is 2.17 bits per heavy atom. The molecule has 1 aromatic rings. The largest absolute Gasteiger partial charge is 0.447 e. The molecule has 0 aliphatic carbocycles. The second kappa shape index (κ2) is 5.49. The quantitative estimate of drug-likeness (QED) is 0.766. The zero-order valence-corrected chi connectivity index (χ0v) is 10.2. The zero-order chi connectivity index (χ0) is 13.0. The summed E-state index contributed by atoms with van der Waals surface area (Å²) in [5.74, 6) is -0.319. The van der Waals surface area contributed by atoms with E-state index in [1.165, 1.54) is 11.0 Å². The number of hydrogen-bond acceptors (Lipinski definition) is 3. The molecule has 2 rings (SSSR count). The highest BCUT2D eigenvalue weighted by molar-refractivity contribution is 5.99. The lowest BCUT2D eigenvalue weighted by Gasteiger charge is -2.17. The first-order chi connectivity index (χ1) is 8.72. The lowest BCUT2D eigenvalue weighted by Crippen LogP contribution is -2.39. The molecule has 0 unspecified atom stereocenters. The molecule has 2 amide bonds. The van der Waals surface area contributed by atoms with Crippen LogP contribution in [0.3, 0.4) is 0 Å². The fourth-order valence-electron chi connectivity index (χ4n) is 1.99. The van der Waals surface area contributed by atoms with Crippen LogP contribution < -0.4 is 0 Å². The van der Waals surface area contributed by atoms with Gasteiger partial charge in [0.1, 0.15) is 6.61 Å². The fraction of sp³-hybridized carbons (Fsp3) is 0.286. The van der Waals surface area contributed by atoms with Crippen molar-refractivity contribution in [2.45, 2.75) is 19.4 Å². The summed E-state index contributed by atoms with van der Waals surface area (Å²) >= 11 is 0. The van der Waals surface area contributed by atoms with Gasteiger partial charge in [0.15, 0.2) is 0 Å². The van der Waals surface area contributed by atoms with Gasteiger partial charge < -0.3 is 4.74 Å². The third-order valence-electron chi connectivity index (χ3n) is 2.82. The smallest absolute Gasteiger partial charge is 0.417 e. The van der Waals surface area contributed by atoms with Gasteiger partial charge in [0.25, 0.3) is 5.91 Å². The predicted molar refractivity (Wildman–Crippen MR) is 66.9 cm³/mol. The zero-order valence-electron chi connectivity index (χ0n) is 10.2. The molecule has 0 N–H and O–H groups in total. The van der Waals surface area contributed by atoms with E-state index < -0.39 is 6.09 Å². The molecule has 1 aliphatic rings. The number of amides is 2. The third-order valence-corrected chi connectivity index (χ3v) is 2.82. The second-order valence-electron chi connectivity index (χ2n) is 4.13. The van der Waals surface area contributed by atoms with E-state index in [1.807, 2.05) is 30.3 Å². The number of imide groups is 1. The van der Waals surface area contributed by atoms with E-state index in [0.717, 1.165) is 5.56 Å². The molecule has 1 atom stereocenters. The van der Waals surface area contributed by atoms with Gasteiger partial charge in [-0.2, -0.15) is 0 Å². The first-order valence-corrected chi connectivity index (χ1v) is 5.89. The van der Waals surface area contributed by atoms with Crippen LogP contribution in [0.5, 0.6) is 0 Å². The molecule has 1 saturated heterocycles. The summed E-state index contributed by atoms with van der Waals surface area (Å²) in [6, 6.07) is 9.53. The Bertz CT molecular complexity index is 467. The SMILES string of the molecule is CC=CC(=O)N1C(=O)OC[C@H]1Cc1ccccc1. The summed E-state index contributed by atoms with van der Waals surface area (Å²) in [6.45, 7) is 2.00. The van der Waals surface area contributed by atoms with Gasteiger partial charge in [0, 0.05) is 0 Å². The van der Waals surface area contributed by atoms with Gasteiger partial charge in [-0.15, -0.1) is 0 Å². The van der Waals surface area contributed by atoms with Gasteiger partial charge in [-0.25, -0.2) is 9.69 Å². The standard InChI is InChI=1S/C14H15NO3/c1-2-6-13(16)15-12(10-18-14(15)17)9-11-7-4-3-5-8-11/h2-8,12H,9-10H2,1H3/t12-/m1/s1. The van der Waals surface area contributed by atoms with Crippen molar-refractivity contribution in [2.24, 2.45) is 0 Å². The minimum Gasteiger partial charge on any atom is -0.447 e. The average Bonchev–Trinajstić information content (AvgIpc) is 2.72. The minimum absolute atomic E-state index is 0.219. The molecule has 94 valence electrons. The summed E-state index contributed by atoms with van der Waals surface area (Å²) in [6.07, 6.45) is 3.06. The van der Waals surface area contributed by atoms with Crippen LogP contribution in [0.4, 0.5) is 4.79 Å². The number of ether oxygens (including phenoxy) is 1. The summed E-state index contributed by atoms with van der Waals surface area (Å²) in [5, 5.41) is 0. The molecule has 1 aliphatic heterocycles. The van der Waals surface area contributed by atoms with E-state index >= 15 is 0 Å². The molecule has 0 radical (unpaired) electrons. The Labute approximate surface area is 106 Å². The number of benzene rings is 1. The monoisotopic (exact) mass is 245 g/mol. The molecule has 0 bridgehead atoms. The number of hydrogen-bond donors (Lipinski definition) is 0. The van der Waals surface area contributed by atoms with Crippen molar-refractivity contribution in [1.29, 1.82) is 0 Å². The first-order valence-electron chi connectivity index (χ1n) is 5.89. The second-order valence-corrected chi connectivity index (χ2v) is 4.13. The van der Waals surface area contributed by atoms with Crippen LogP contribution >= 0.6 is 0 Å². The summed E-state index contributed by atoms with van der Waals surface area (Å²) < 4.78 is 4.95. The summed E-state index contributed by atoms with van der Waals surface area (Å²) in [7, 11) is 0. The molecule has 4 heteroatoms. The fourth-order valence-corrected chi connectivity index (χ4v) is 1.99. The van der Waals surface area contributed by atoms with Crippen LogP contribution in [0.15, 0.2) is 42.5 Å². The number of allylic oxidation sites excluding steroid dienone is 1. The van der Waals surface area contributed by atoms with E-state index in [1.54, 1.807) is 13.0 Å². The van der Waals surface area contributed by atoms with Crippen LogP contribution in [0.2, 0.25) is 0 Å². The Balaban J connectivity index is 2.12. The van der Waals surface area contributed by atoms with Crippen LogP contribution in [-0.4, -0.2) is 29.5 Å². The van der Waals surface area contributed by atoms with Gasteiger partial charge in [0.05, 0.1) is 6.04 Å². The lowest BCUT2D eigenvalue weighted by atomic mass is 10.1. The van der Waals surface area contributed by atoms with Gasteiger partial charge >= 0.3 is 6.09 Å². The van der Waals surface area contributed by atoms with Crippen molar-refractivity contribution in [3.8, 4) is 0 Å². The topological polar surface area (TPSA) is 46.6 Å². The molecule has 18 heavy (non-hydrogen) atoms. The van der Waals surface area contributed by atoms with Crippen molar-refractivity contribution in [2.75, 3.05) is 6.61 Å². The van der Waals surface area contributed by atoms with Crippen molar-refractivity contribution < 1.29 is 14.3 Å². The molecular formula is C14H15NO3. The van der Waals surface area contributed by atoms with Crippen molar-refractivity contribution >= 4 is 12.0 Å². The Morgan fingerprint density at radius 3 is 2.83 bits per heavy atom. The number of carbonyl (C=O) groups is 2. The van der Waals surface area contributed by atoms with Crippen molar-refractivity contribution in [1.82, 2.24) is 4.90 Å². The maximum Gasteiger partial charge on any atom is 0.417 e. The molecule has 0 saturated carbocycles. The van der Waals surface area contributed by atoms with Crippen LogP contribution in [0.25, 0.3) is 0 Å². The molecule has 1 heterocycles. The normalized spacial score (nSPS) is 19.3. The molecule has 1 aromatic carbocycles. The highest BCUT2D eigenvalue weighted by atomic mass is 16.6. The van der Waals surface area contributed by atoms with Crippen molar-refractivity contribution in [3.05, 3.63) is 48.0 Å². The molecule has 1 fully saturated rings. The van der Waals surface area contributed by atoms with E-state index in [9.17, 15) is 9.59 Å². The molecule has 4 nitrogen and oxygen atoms in total. The van der Waals surface area contributed by atoms with E-state index in [4.69, 9.17) is 4.74 Å². The Kier molecular flexibility index (Phi) is 3.77. The van der Waals surface area contributed by atoms with E-state index in [2.05, 4.69) is 0 Å². The van der Waals surface area contributed by atoms with Crippen LogP contribution in [0.1, 0.15) is 12.5 Å². The number of carbonyl (C=O) groups excluding carboxylic acids is 2. The van der Waals surface area contributed by atoms with Gasteiger partial charge in [-0.1, -0.05) is 36.4 Å². The van der Waals surface area contributed by atoms with Crippen LogP contribution in [-0.2, 0) is 16.0 Å². The van der Waals surface area contributed by atoms with Gasteiger partial charge in [-0.05, 0) is 25.0 Å². The first kappa shape index (κ1) is 12.4. The third kappa shape index (κ3) is 2.59. The molecular weight excluding hydrogens is 230 g/mol. The lowest BCUT2D eigenvalue weighted by molar-refractivity contribution is -0.124. The number of nitrogens with zero attached hydrogens (tertiary/aromatic N) is 1. The van der Waals surface area contributed by atoms with Crippen molar-refractivity contribution in [3.63, 3.8) is 0 Å². The van der Waals surface area contributed by atoms with Gasteiger partial charge in [0.2, 0.25) is 0 Å². The van der Waals surface area contributed by atoms with E-state index in [0.29, 0.717) is 6.42 Å². The highest BCUT2D eigenvalue weighted by Crippen LogP contribution is 2.17. The number of rotatable bonds is 3. The van der Waals surface area contributed by atoms with Crippen LogP contribution in [0, 0.1) is 0 Å². The minimum atomic E-state index is -0.556. The molecule has 0 spiro atoms. The Hall–Kier alpha value is -2.10. The van der Waals surface area contributed by atoms with Gasteiger partial charge in [-0.3, -0.25) is 4.79 Å². The summed E-state index contributed by atoms with van der Waals surface area (Å²) in [4.78, 5) is 24.5. The maximum absolute atomic E-state index is 11.8. The van der Waals surface area contributed by atoms with E-state index in [-0.39, 0.29) is 18.6 Å². The Morgan fingerprint density at radius 1 is 1.44 bits per heavy atom.